The topological polar surface area (TPSA) is 92.3 Å². The third-order valence-electron chi connectivity index (χ3n) is 4.01. The molecule has 0 aliphatic carbocycles. The van der Waals surface area contributed by atoms with Crippen LogP contribution in [0.2, 0.25) is 0 Å². The molecular formula is C19H13N5O2. The van der Waals surface area contributed by atoms with E-state index in [2.05, 4.69) is 21.4 Å². The number of fused-ring (bicyclic) bond motifs is 3. The number of benzene rings is 2. The number of amides is 1. The second-order valence-corrected chi connectivity index (χ2v) is 5.57. The highest BCUT2D eigenvalue weighted by molar-refractivity contribution is 6.04. The summed E-state index contributed by atoms with van der Waals surface area (Å²) in [6.07, 6.45) is 1.63. The first-order valence-corrected chi connectivity index (χ1v) is 7.83. The number of hydrogen-bond donors (Lipinski definition) is 1. The van der Waals surface area contributed by atoms with Crippen molar-refractivity contribution < 1.29 is 9.53 Å². The zero-order chi connectivity index (χ0) is 18.1. The van der Waals surface area contributed by atoms with E-state index in [9.17, 15) is 10.1 Å². The third kappa shape index (κ3) is 2.59. The van der Waals surface area contributed by atoms with Crippen LogP contribution < -0.4 is 10.1 Å². The summed E-state index contributed by atoms with van der Waals surface area (Å²) in [7, 11) is 1.56. The van der Waals surface area contributed by atoms with Gasteiger partial charge in [-0.25, -0.2) is 4.98 Å². The highest BCUT2D eigenvalue weighted by Gasteiger charge is 2.14. The summed E-state index contributed by atoms with van der Waals surface area (Å²) in [5, 5.41) is 12.1. The summed E-state index contributed by atoms with van der Waals surface area (Å²) in [6, 6.07) is 16.3. The Labute approximate surface area is 148 Å². The number of imidazole rings is 1. The highest BCUT2D eigenvalue weighted by atomic mass is 16.5. The molecule has 1 N–H and O–H groups in total. The molecule has 4 rings (SSSR count). The van der Waals surface area contributed by atoms with Crippen molar-refractivity contribution in [1.29, 1.82) is 5.26 Å². The van der Waals surface area contributed by atoms with E-state index in [1.807, 2.05) is 24.3 Å². The minimum atomic E-state index is -0.364. The molecular weight excluding hydrogens is 330 g/mol. The molecule has 0 spiro atoms. The van der Waals surface area contributed by atoms with Gasteiger partial charge in [0.05, 0.1) is 18.1 Å². The van der Waals surface area contributed by atoms with Crippen LogP contribution >= 0.6 is 0 Å². The lowest BCUT2D eigenvalue weighted by Gasteiger charge is -2.07. The molecule has 26 heavy (non-hydrogen) atoms. The molecule has 0 bridgehead atoms. The van der Waals surface area contributed by atoms with Crippen LogP contribution in [0.4, 0.5) is 5.82 Å². The molecule has 7 heteroatoms. The second kappa shape index (κ2) is 6.18. The fraction of sp³-hybridized carbons (Fsp3) is 0.0526. The molecule has 0 aliphatic heterocycles. The van der Waals surface area contributed by atoms with Crippen molar-refractivity contribution in [3.63, 3.8) is 0 Å². The van der Waals surface area contributed by atoms with E-state index in [4.69, 9.17) is 4.74 Å². The molecule has 0 saturated carbocycles. The van der Waals surface area contributed by atoms with Crippen molar-refractivity contribution in [2.24, 2.45) is 0 Å². The maximum Gasteiger partial charge on any atom is 0.256 e. The van der Waals surface area contributed by atoms with Crippen LogP contribution in [-0.4, -0.2) is 27.4 Å². The normalized spacial score (nSPS) is 10.6. The van der Waals surface area contributed by atoms with Crippen LogP contribution in [0.25, 0.3) is 16.8 Å². The van der Waals surface area contributed by atoms with Crippen LogP contribution in [0.15, 0.2) is 54.7 Å². The number of aromatic nitrogens is 3. The summed E-state index contributed by atoms with van der Waals surface area (Å²) in [5.41, 5.74) is 2.30. The molecule has 0 aliphatic rings. The summed E-state index contributed by atoms with van der Waals surface area (Å²) >= 11 is 0. The first-order valence-electron chi connectivity index (χ1n) is 7.83. The van der Waals surface area contributed by atoms with Crippen molar-refractivity contribution in [3.8, 4) is 11.8 Å². The Morgan fingerprint density at radius 1 is 1.15 bits per heavy atom. The number of rotatable bonds is 3. The van der Waals surface area contributed by atoms with E-state index in [-0.39, 0.29) is 17.3 Å². The van der Waals surface area contributed by atoms with Gasteiger partial charge < -0.3 is 10.1 Å². The van der Waals surface area contributed by atoms with Gasteiger partial charge in [-0.05, 0) is 36.4 Å². The predicted octanol–water partition coefficient (Wildman–Crippen LogP) is 3.02. The number of ether oxygens (including phenoxy) is 1. The van der Waals surface area contributed by atoms with Gasteiger partial charge in [0, 0.05) is 11.8 Å². The lowest BCUT2D eigenvalue weighted by Crippen LogP contribution is -2.14. The number of carbonyl (C=O) groups excluding carboxylic acids is 1. The zero-order valence-corrected chi connectivity index (χ0v) is 13.8. The van der Waals surface area contributed by atoms with E-state index < -0.39 is 0 Å². The Balaban J connectivity index is 1.74. The van der Waals surface area contributed by atoms with E-state index >= 15 is 0 Å². The SMILES string of the molecule is COc1ccc(C(=O)Nc2nc3nc4ccccc4n3cc2C#N)cc1. The van der Waals surface area contributed by atoms with Crippen LogP contribution in [0.3, 0.4) is 0 Å². The molecule has 2 aromatic heterocycles. The Kier molecular flexibility index (Phi) is 3.71. The minimum Gasteiger partial charge on any atom is -0.497 e. The largest absolute Gasteiger partial charge is 0.497 e. The molecule has 0 fully saturated rings. The molecule has 0 atom stereocenters. The number of methoxy groups -OCH3 is 1. The number of para-hydroxylation sites is 2. The van der Waals surface area contributed by atoms with Gasteiger partial charge >= 0.3 is 0 Å². The van der Waals surface area contributed by atoms with Crippen molar-refractivity contribution >= 4 is 28.5 Å². The van der Waals surface area contributed by atoms with Crippen LogP contribution in [0.5, 0.6) is 5.75 Å². The maximum atomic E-state index is 12.5. The summed E-state index contributed by atoms with van der Waals surface area (Å²) in [4.78, 5) is 21.2. The van der Waals surface area contributed by atoms with Gasteiger partial charge in [0.25, 0.3) is 5.91 Å². The summed E-state index contributed by atoms with van der Waals surface area (Å²) in [6.45, 7) is 0. The van der Waals surface area contributed by atoms with Gasteiger partial charge in [0.15, 0.2) is 5.82 Å². The molecule has 0 saturated heterocycles. The summed E-state index contributed by atoms with van der Waals surface area (Å²) in [5.74, 6) is 0.881. The van der Waals surface area contributed by atoms with Crippen LogP contribution in [-0.2, 0) is 0 Å². The Morgan fingerprint density at radius 2 is 1.92 bits per heavy atom. The van der Waals surface area contributed by atoms with E-state index in [0.29, 0.717) is 17.1 Å². The van der Waals surface area contributed by atoms with Crippen LogP contribution in [0, 0.1) is 11.3 Å². The number of nitrogens with zero attached hydrogens (tertiary/aromatic N) is 4. The van der Waals surface area contributed by atoms with Crippen LogP contribution in [0.1, 0.15) is 15.9 Å². The summed E-state index contributed by atoms with van der Waals surface area (Å²) < 4.78 is 6.82. The van der Waals surface area contributed by atoms with E-state index in [1.54, 1.807) is 42.0 Å². The fourth-order valence-corrected chi connectivity index (χ4v) is 2.69. The zero-order valence-electron chi connectivity index (χ0n) is 13.8. The highest BCUT2D eigenvalue weighted by Crippen LogP contribution is 2.20. The number of nitriles is 1. The first kappa shape index (κ1) is 15.6. The van der Waals surface area contributed by atoms with Gasteiger partial charge in [-0.2, -0.15) is 10.2 Å². The third-order valence-corrected chi connectivity index (χ3v) is 4.01. The molecule has 2 aromatic carbocycles. The maximum absolute atomic E-state index is 12.5. The van der Waals surface area contributed by atoms with Crippen molar-refractivity contribution in [2.75, 3.05) is 12.4 Å². The molecule has 1 amide bonds. The fourth-order valence-electron chi connectivity index (χ4n) is 2.69. The molecule has 0 unspecified atom stereocenters. The van der Waals surface area contributed by atoms with Crippen molar-refractivity contribution in [3.05, 3.63) is 65.9 Å². The standard InChI is InChI=1S/C19H13N5O2/c1-26-14-8-6-12(7-9-14)18(25)22-17-13(10-20)11-24-16-5-3-2-4-15(16)21-19(24)23-17/h2-9,11H,1H3,(H,21,22,23,25). The molecule has 0 radical (unpaired) electrons. The van der Waals surface area contributed by atoms with E-state index in [1.165, 1.54) is 0 Å². The molecule has 4 aromatic rings. The van der Waals surface area contributed by atoms with Gasteiger partial charge in [-0.3, -0.25) is 9.20 Å². The van der Waals surface area contributed by atoms with E-state index in [0.717, 1.165) is 11.0 Å². The average molecular weight is 343 g/mol. The number of anilines is 1. The minimum absolute atomic E-state index is 0.177. The van der Waals surface area contributed by atoms with Crippen molar-refractivity contribution in [1.82, 2.24) is 14.4 Å². The molecule has 7 nitrogen and oxygen atoms in total. The second-order valence-electron chi connectivity index (χ2n) is 5.57. The average Bonchev–Trinajstić information content (AvgIpc) is 3.04. The quantitative estimate of drug-likeness (QED) is 0.617. The molecule has 126 valence electrons. The van der Waals surface area contributed by atoms with Gasteiger partial charge in [-0.1, -0.05) is 12.1 Å². The Bertz CT molecular complexity index is 1170. The van der Waals surface area contributed by atoms with Gasteiger partial charge in [-0.15, -0.1) is 0 Å². The lowest BCUT2D eigenvalue weighted by molar-refractivity contribution is 0.102. The van der Waals surface area contributed by atoms with Gasteiger partial charge in [0.1, 0.15) is 17.4 Å². The smallest absolute Gasteiger partial charge is 0.256 e. The Morgan fingerprint density at radius 3 is 2.65 bits per heavy atom. The number of carbonyl (C=O) groups is 1. The lowest BCUT2D eigenvalue weighted by atomic mass is 10.2. The van der Waals surface area contributed by atoms with Crippen molar-refractivity contribution in [2.45, 2.75) is 0 Å². The predicted molar refractivity (Wildman–Crippen MR) is 96.2 cm³/mol. The first-order chi connectivity index (χ1) is 12.7. The molecule has 2 heterocycles. The number of hydrogen-bond acceptors (Lipinski definition) is 5. The Hall–Kier alpha value is -3.92. The monoisotopic (exact) mass is 343 g/mol. The number of nitrogens with one attached hydrogen (secondary N) is 1. The van der Waals surface area contributed by atoms with Gasteiger partial charge in [0.2, 0.25) is 5.78 Å².